The first-order valence-electron chi connectivity index (χ1n) is 5.57. The first-order chi connectivity index (χ1) is 9.00. The molecule has 1 aromatic carbocycles. The van der Waals surface area contributed by atoms with Crippen LogP contribution in [0.25, 0.3) is 0 Å². The average Bonchev–Trinajstić information content (AvgIpc) is 2.41. The molecule has 0 bridgehead atoms. The molecule has 1 aromatic rings. The summed E-state index contributed by atoms with van der Waals surface area (Å²) in [6.07, 6.45) is 0. The summed E-state index contributed by atoms with van der Waals surface area (Å²) in [5, 5.41) is 9.11. The summed E-state index contributed by atoms with van der Waals surface area (Å²) in [5.41, 5.74) is 0.166. The smallest absolute Gasteiger partial charge is 0.327 e. The minimum Gasteiger partial charge on any atom is -0.480 e. The maximum atomic E-state index is 13.4. The van der Waals surface area contributed by atoms with Crippen LogP contribution in [0.15, 0.2) is 22.7 Å². The lowest BCUT2D eigenvalue weighted by Crippen LogP contribution is -2.50. The van der Waals surface area contributed by atoms with E-state index in [9.17, 15) is 14.0 Å². The number of carbonyl (C=O) groups excluding carboxylic acids is 1. The van der Waals surface area contributed by atoms with Gasteiger partial charge in [-0.1, -0.05) is 0 Å². The Balaban J connectivity index is 2.26. The van der Waals surface area contributed by atoms with Crippen LogP contribution in [0.2, 0.25) is 0 Å². The van der Waals surface area contributed by atoms with Crippen molar-refractivity contribution in [3.8, 4) is 0 Å². The maximum Gasteiger partial charge on any atom is 0.327 e. The Morgan fingerprint density at radius 2 is 2.21 bits per heavy atom. The highest BCUT2D eigenvalue weighted by Crippen LogP contribution is 2.22. The molecule has 1 atom stereocenters. The summed E-state index contributed by atoms with van der Waals surface area (Å²) in [5.74, 6) is -0.962. The Kier molecular flexibility index (Phi) is 4.46. The summed E-state index contributed by atoms with van der Waals surface area (Å²) in [4.78, 5) is 24.7. The lowest BCUT2D eigenvalue weighted by Gasteiger charge is -2.32. The molecule has 0 saturated carbocycles. The number of hydrogen-bond acceptors (Lipinski definition) is 3. The van der Waals surface area contributed by atoms with Crippen LogP contribution in [-0.2, 0) is 4.79 Å². The monoisotopic (exact) mass is 347 g/mol. The molecule has 2 rings (SSSR count). The highest BCUT2D eigenvalue weighted by molar-refractivity contribution is 9.10. The van der Waals surface area contributed by atoms with Crippen LogP contribution in [-0.4, -0.2) is 46.0 Å². The molecule has 4 nitrogen and oxygen atoms in total. The van der Waals surface area contributed by atoms with E-state index in [4.69, 9.17) is 5.11 Å². The van der Waals surface area contributed by atoms with Crippen molar-refractivity contribution in [1.29, 1.82) is 0 Å². The lowest BCUT2D eigenvalue weighted by molar-refractivity contribution is -0.141. The molecule has 1 amide bonds. The fraction of sp³-hybridized carbons (Fsp3) is 0.333. The van der Waals surface area contributed by atoms with Gasteiger partial charge in [-0.2, -0.15) is 11.8 Å². The zero-order chi connectivity index (χ0) is 14.0. The first kappa shape index (κ1) is 14.3. The molecule has 1 aliphatic rings. The molecule has 0 aromatic heterocycles. The number of carboxylic acid groups (broad SMARTS) is 1. The van der Waals surface area contributed by atoms with Crippen LogP contribution < -0.4 is 0 Å². The van der Waals surface area contributed by atoms with Gasteiger partial charge in [0, 0.05) is 23.6 Å². The Labute approximate surface area is 122 Å². The fourth-order valence-corrected chi connectivity index (χ4v) is 3.13. The van der Waals surface area contributed by atoms with Gasteiger partial charge in [0.1, 0.15) is 11.9 Å². The molecule has 102 valence electrons. The molecule has 1 N–H and O–H groups in total. The van der Waals surface area contributed by atoms with E-state index in [2.05, 4.69) is 15.9 Å². The predicted octanol–water partition coefficient (Wildman–Crippen LogP) is 2.23. The van der Waals surface area contributed by atoms with Crippen molar-refractivity contribution in [1.82, 2.24) is 4.90 Å². The fourth-order valence-electron chi connectivity index (χ4n) is 1.85. The average molecular weight is 348 g/mol. The van der Waals surface area contributed by atoms with E-state index in [1.807, 2.05) is 0 Å². The summed E-state index contributed by atoms with van der Waals surface area (Å²) < 4.78 is 13.7. The molecular formula is C12H11BrFNO3S. The van der Waals surface area contributed by atoms with Crippen molar-refractivity contribution in [3.63, 3.8) is 0 Å². The van der Waals surface area contributed by atoms with E-state index < -0.39 is 23.7 Å². The molecule has 1 aliphatic heterocycles. The molecule has 0 aliphatic carbocycles. The van der Waals surface area contributed by atoms with E-state index in [0.29, 0.717) is 18.1 Å². The first-order valence-corrected chi connectivity index (χ1v) is 7.52. The third-order valence-corrected chi connectivity index (χ3v) is 4.51. The van der Waals surface area contributed by atoms with E-state index in [1.165, 1.54) is 28.8 Å². The third kappa shape index (κ3) is 3.09. The number of thioether (sulfide) groups is 1. The number of halogens is 2. The Morgan fingerprint density at radius 1 is 1.47 bits per heavy atom. The second-order valence-corrected chi connectivity index (χ2v) is 6.06. The quantitative estimate of drug-likeness (QED) is 0.891. The SMILES string of the molecule is O=C(O)C1CSCCN1C(=O)c1ccc(Br)c(F)c1. The number of carbonyl (C=O) groups is 2. The van der Waals surface area contributed by atoms with Gasteiger partial charge in [-0.05, 0) is 34.1 Å². The molecule has 1 heterocycles. The van der Waals surface area contributed by atoms with Crippen LogP contribution in [0, 0.1) is 5.82 Å². The van der Waals surface area contributed by atoms with Gasteiger partial charge in [0.25, 0.3) is 5.91 Å². The normalized spacial score (nSPS) is 19.3. The second kappa shape index (κ2) is 5.92. The van der Waals surface area contributed by atoms with Crippen molar-refractivity contribution in [2.75, 3.05) is 18.1 Å². The van der Waals surface area contributed by atoms with Gasteiger partial charge in [-0.3, -0.25) is 4.79 Å². The molecule has 7 heteroatoms. The molecule has 1 fully saturated rings. The van der Waals surface area contributed by atoms with Crippen LogP contribution in [0.1, 0.15) is 10.4 Å². The number of hydrogen-bond donors (Lipinski definition) is 1. The van der Waals surface area contributed by atoms with Crippen LogP contribution >= 0.6 is 27.7 Å². The van der Waals surface area contributed by atoms with E-state index in [1.54, 1.807) is 0 Å². The van der Waals surface area contributed by atoms with Crippen LogP contribution in [0.4, 0.5) is 4.39 Å². The molecular weight excluding hydrogens is 337 g/mol. The van der Waals surface area contributed by atoms with Crippen LogP contribution in [0.3, 0.4) is 0 Å². The van der Waals surface area contributed by atoms with Crippen molar-refractivity contribution in [2.24, 2.45) is 0 Å². The minimum atomic E-state index is -1.03. The summed E-state index contributed by atoms with van der Waals surface area (Å²) in [6, 6.07) is 3.19. The van der Waals surface area contributed by atoms with E-state index in [-0.39, 0.29) is 10.0 Å². The Morgan fingerprint density at radius 3 is 2.84 bits per heavy atom. The highest BCUT2D eigenvalue weighted by Gasteiger charge is 2.33. The molecule has 1 saturated heterocycles. The number of carboxylic acids is 1. The van der Waals surface area contributed by atoms with Crippen molar-refractivity contribution in [3.05, 3.63) is 34.1 Å². The predicted molar refractivity (Wildman–Crippen MR) is 73.9 cm³/mol. The van der Waals surface area contributed by atoms with Gasteiger partial charge in [0.2, 0.25) is 0 Å². The highest BCUT2D eigenvalue weighted by atomic mass is 79.9. The molecule has 19 heavy (non-hydrogen) atoms. The summed E-state index contributed by atoms with van der Waals surface area (Å²) in [6.45, 7) is 0.359. The maximum absolute atomic E-state index is 13.4. The third-order valence-electron chi connectivity index (χ3n) is 2.84. The van der Waals surface area contributed by atoms with E-state index >= 15 is 0 Å². The van der Waals surface area contributed by atoms with Crippen molar-refractivity contribution < 1.29 is 19.1 Å². The van der Waals surface area contributed by atoms with Crippen LogP contribution in [0.5, 0.6) is 0 Å². The second-order valence-electron chi connectivity index (χ2n) is 4.06. The Bertz CT molecular complexity index is 526. The zero-order valence-corrected chi connectivity index (χ0v) is 12.2. The number of amides is 1. The van der Waals surface area contributed by atoms with Gasteiger partial charge in [-0.25, -0.2) is 9.18 Å². The van der Waals surface area contributed by atoms with E-state index in [0.717, 1.165) is 6.07 Å². The van der Waals surface area contributed by atoms with Gasteiger partial charge >= 0.3 is 5.97 Å². The lowest BCUT2D eigenvalue weighted by atomic mass is 10.1. The number of rotatable bonds is 2. The molecule has 0 radical (unpaired) electrons. The number of benzene rings is 1. The largest absolute Gasteiger partial charge is 0.480 e. The minimum absolute atomic E-state index is 0.166. The number of nitrogens with zero attached hydrogens (tertiary/aromatic N) is 1. The standard InChI is InChI=1S/C12H11BrFNO3S/c13-8-2-1-7(5-9(8)14)11(16)15-3-4-19-6-10(15)12(17)18/h1-2,5,10H,3-4,6H2,(H,17,18). The zero-order valence-electron chi connectivity index (χ0n) is 9.81. The van der Waals surface area contributed by atoms with Gasteiger partial charge in [0.05, 0.1) is 4.47 Å². The molecule has 1 unspecified atom stereocenters. The van der Waals surface area contributed by atoms with Crippen molar-refractivity contribution in [2.45, 2.75) is 6.04 Å². The van der Waals surface area contributed by atoms with Gasteiger partial charge in [0.15, 0.2) is 0 Å². The van der Waals surface area contributed by atoms with Crippen molar-refractivity contribution >= 4 is 39.6 Å². The van der Waals surface area contributed by atoms with Gasteiger partial charge in [-0.15, -0.1) is 0 Å². The van der Waals surface area contributed by atoms with Gasteiger partial charge < -0.3 is 10.0 Å². The number of aliphatic carboxylic acids is 1. The summed E-state index contributed by atoms with van der Waals surface area (Å²) in [7, 11) is 0. The summed E-state index contributed by atoms with van der Waals surface area (Å²) >= 11 is 4.51. The molecule has 0 spiro atoms. The Hall–Kier alpha value is -1.08. The topological polar surface area (TPSA) is 57.6 Å².